The molecule has 0 spiro atoms. The number of hydrogen-bond donors (Lipinski definition) is 1. The Balaban J connectivity index is 1.66. The molecule has 1 amide bonds. The van der Waals surface area contributed by atoms with Crippen LogP contribution in [0.2, 0.25) is 0 Å². The van der Waals surface area contributed by atoms with Crippen LogP contribution in [0.5, 0.6) is 5.75 Å². The summed E-state index contributed by atoms with van der Waals surface area (Å²) in [6.45, 7) is 6.92. The summed E-state index contributed by atoms with van der Waals surface area (Å²) in [4.78, 5) is 11.8. The van der Waals surface area contributed by atoms with Gasteiger partial charge in [-0.05, 0) is 62.4 Å². The molecule has 0 fully saturated rings. The molecule has 3 nitrogen and oxygen atoms in total. The predicted molar refractivity (Wildman–Crippen MR) is 93.9 cm³/mol. The summed E-state index contributed by atoms with van der Waals surface area (Å²) in [6.07, 6.45) is 1.90. The molecular weight excluding hydrogens is 286 g/mol. The molecule has 0 saturated heterocycles. The first-order chi connectivity index (χ1) is 11.0. The lowest BCUT2D eigenvalue weighted by atomic mass is 10.1. The first kappa shape index (κ1) is 17.1. The third-order valence-electron chi connectivity index (χ3n) is 3.90. The largest absolute Gasteiger partial charge is 0.484 e. The summed E-state index contributed by atoms with van der Waals surface area (Å²) >= 11 is 0. The average molecular weight is 311 g/mol. The summed E-state index contributed by atoms with van der Waals surface area (Å²) in [7, 11) is 0. The standard InChI is InChI=1S/C20H25NO2/c1-15-6-4-7-18(12-15)8-5-11-21-20(22)14-23-19-10-9-16(2)17(3)13-19/h4,6-7,9-10,12-13H,5,8,11,14H2,1-3H3,(H,21,22). The molecule has 1 N–H and O–H groups in total. The Morgan fingerprint density at radius 2 is 1.87 bits per heavy atom. The summed E-state index contributed by atoms with van der Waals surface area (Å²) in [5.41, 5.74) is 4.97. The highest BCUT2D eigenvalue weighted by Gasteiger charge is 2.03. The molecule has 2 rings (SSSR count). The molecule has 0 heterocycles. The quantitative estimate of drug-likeness (QED) is 0.791. The van der Waals surface area contributed by atoms with E-state index in [0.717, 1.165) is 18.6 Å². The van der Waals surface area contributed by atoms with E-state index in [0.29, 0.717) is 6.54 Å². The molecule has 0 atom stereocenters. The van der Waals surface area contributed by atoms with Crippen molar-refractivity contribution in [2.75, 3.05) is 13.2 Å². The fourth-order valence-electron chi connectivity index (χ4n) is 2.39. The van der Waals surface area contributed by atoms with Crippen LogP contribution in [-0.4, -0.2) is 19.1 Å². The first-order valence-electron chi connectivity index (χ1n) is 8.07. The van der Waals surface area contributed by atoms with Gasteiger partial charge in [-0.3, -0.25) is 4.79 Å². The number of benzene rings is 2. The summed E-state index contributed by atoms with van der Waals surface area (Å²) < 4.78 is 5.52. The van der Waals surface area contributed by atoms with Crippen molar-refractivity contribution in [3.8, 4) is 5.75 Å². The maximum absolute atomic E-state index is 11.8. The van der Waals surface area contributed by atoms with E-state index in [2.05, 4.69) is 43.4 Å². The lowest BCUT2D eigenvalue weighted by molar-refractivity contribution is -0.123. The molecule has 0 bridgehead atoms. The van der Waals surface area contributed by atoms with Crippen molar-refractivity contribution >= 4 is 5.91 Å². The molecule has 0 aliphatic rings. The summed E-state index contributed by atoms with van der Waals surface area (Å²) in [5.74, 6) is 0.662. The van der Waals surface area contributed by atoms with Crippen LogP contribution in [0.25, 0.3) is 0 Å². The minimum absolute atomic E-state index is 0.0624. The molecular formula is C20H25NO2. The third-order valence-corrected chi connectivity index (χ3v) is 3.90. The van der Waals surface area contributed by atoms with Gasteiger partial charge in [-0.1, -0.05) is 35.9 Å². The number of aryl methyl sites for hydroxylation is 4. The normalized spacial score (nSPS) is 10.4. The topological polar surface area (TPSA) is 38.3 Å². The maximum atomic E-state index is 11.8. The van der Waals surface area contributed by atoms with E-state index in [4.69, 9.17) is 4.74 Å². The highest BCUT2D eigenvalue weighted by molar-refractivity contribution is 5.77. The average Bonchev–Trinajstić information content (AvgIpc) is 2.53. The van der Waals surface area contributed by atoms with Crippen LogP contribution < -0.4 is 10.1 Å². The Morgan fingerprint density at radius 3 is 2.61 bits per heavy atom. The Hall–Kier alpha value is -2.29. The van der Waals surface area contributed by atoms with E-state index in [-0.39, 0.29) is 12.5 Å². The zero-order chi connectivity index (χ0) is 16.7. The van der Waals surface area contributed by atoms with Crippen molar-refractivity contribution in [3.05, 3.63) is 64.7 Å². The summed E-state index contributed by atoms with van der Waals surface area (Å²) in [6, 6.07) is 14.3. The number of carbonyl (C=O) groups is 1. The van der Waals surface area contributed by atoms with Gasteiger partial charge in [-0.15, -0.1) is 0 Å². The lowest BCUT2D eigenvalue weighted by Gasteiger charge is -2.09. The minimum Gasteiger partial charge on any atom is -0.484 e. The van der Waals surface area contributed by atoms with Gasteiger partial charge in [0.2, 0.25) is 0 Å². The van der Waals surface area contributed by atoms with Crippen LogP contribution in [0.4, 0.5) is 0 Å². The number of hydrogen-bond acceptors (Lipinski definition) is 2. The molecule has 0 unspecified atom stereocenters. The Kier molecular flexibility index (Phi) is 6.21. The zero-order valence-corrected chi connectivity index (χ0v) is 14.2. The monoisotopic (exact) mass is 311 g/mol. The Bertz CT molecular complexity index is 664. The fourth-order valence-corrected chi connectivity index (χ4v) is 2.39. The number of carbonyl (C=O) groups excluding carboxylic acids is 1. The van der Waals surface area contributed by atoms with Gasteiger partial charge in [-0.25, -0.2) is 0 Å². The van der Waals surface area contributed by atoms with Gasteiger partial charge in [0, 0.05) is 6.54 Å². The highest BCUT2D eigenvalue weighted by atomic mass is 16.5. The minimum atomic E-state index is -0.0764. The molecule has 0 aliphatic heterocycles. The fraction of sp³-hybridized carbons (Fsp3) is 0.350. The molecule has 122 valence electrons. The molecule has 0 radical (unpaired) electrons. The molecule has 0 aliphatic carbocycles. The molecule has 23 heavy (non-hydrogen) atoms. The Morgan fingerprint density at radius 1 is 1.04 bits per heavy atom. The smallest absolute Gasteiger partial charge is 0.257 e. The van der Waals surface area contributed by atoms with Crippen LogP contribution in [0.3, 0.4) is 0 Å². The van der Waals surface area contributed by atoms with Crippen LogP contribution in [0, 0.1) is 20.8 Å². The number of nitrogens with one attached hydrogen (secondary N) is 1. The van der Waals surface area contributed by atoms with Gasteiger partial charge >= 0.3 is 0 Å². The molecule has 3 heteroatoms. The van der Waals surface area contributed by atoms with Crippen molar-refractivity contribution in [2.45, 2.75) is 33.6 Å². The second-order valence-electron chi connectivity index (χ2n) is 5.98. The summed E-state index contributed by atoms with van der Waals surface area (Å²) in [5, 5.41) is 2.90. The Labute approximate surface area is 138 Å². The van der Waals surface area contributed by atoms with Crippen molar-refractivity contribution in [3.63, 3.8) is 0 Å². The molecule has 0 saturated carbocycles. The van der Waals surface area contributed by atoms with Gasteiger partial charge in [0.25, 0.3) is 5.91 Å². The second kappa shape index (κ2) is 8.37. The molecule has 2 aromatic rings. The van der Waals surface area contributed by atoms with Gasteiger partial charge in [0.05, 0.1) is 0 Å². The van der Waals surface area contributed by atoms with Crippen molar-refractivity contribution in [2.24, 2.45) is 0 Å². The lowest BCUT2D eigenvalue weighted by Crippen LogP contribution is -2.29. The zero-order valence-electron chi connectivity index (χ0n) is 14.2. The van der Waals surface area contributed by atoms with Gasteiger partial charge in [0.15, 0.2) is 6.61 Å². The van der Waals surface area contributed by atoms with Crippen molar-refractivity contribution in [1.29, 1.82) is 0 Å². The molecule has 2 aromatic carbocycles. The number of amides is 1. The van der Waals surface area contributed by atoms with E-state index in [1.807, 2.05) is 25.1 Å². The van der Waals surface area contributed by atoms with Crippen LogP contribution in [0.15, 0.2) is 42.5 Å². The van der Waals surface area contributed by atoms with Gasteiger partial charge in [-0.2, -0.15) is 0 Å². The van der Waals surface area contributed by atoms with E-state index in [1.54, 1.807) is 0 Å². The third kappa shape index (κ3) is 5.78. The van der Waals surface area contributed by atoms with Gasteiger partial charge < -0.3 is 10.1 Å². The second-order valence-corrected chi connectivity index (χ2v) is 5.98. The van der Waals surface area contributed by atoms with Crippen LogP contribution in [-0.2, 0) is 11.2 Å². The number of rotatable bonds is 7. The van der Waals surface area contributed by atoms with Crippen LogP contribution >= 0.6 is 0 Å². The maximum Gasteiger partial charge on any atom is 0.257 e. The van der Waals surface area contributed by atoms with Crippen molar-refractivity contribution in [1.82, 2.24) is 5.32 Å². The SMILES string of the molecule is Cc1cccc(CCCNC(=O)COc2ccc(C)c(C)c2)c1. The first-order valence-corrected chi connectivity index (χ1v) is 8.07. The molecule has 0 aromatic heterocycles. The van der Waals surface area contributed by atoms with E-state index < -0.39 is 0 Å². The number of ether oxygens (including phenoxy) is 1. The van der Waals surface area contributed by atoms with E-state index in [9.17, 15) is 4.79 Å². The predicted octanol–water partition coefficient (Wildman–Crippen LogP) is 3.74. The van der Waals surface area contributed by atoms with Gasteiger partial charge in [0.1, 0.15) is 5.75 Å². The highest BCUT2D eigenvalue weighted by Crippen LogP contribution is 2.16. The van der Waals surface area contributed by atoms with Crippen molar-refractivity contribution < 1.29 is 9.53 Å². The van der Waals surface area contributed by atoms with E-state index >= 15 is 0 Å². The van der Waals surface area contributed by atoms with Crippen LogP contribution in [0.1, 0.15) is 28.7 Å². The van der Waals surface area contributed by atoms with E-state index in [1.165, 1.54) is 22.3 Å².